The summed E-state index contributed by atoms with van der Waals surface area (Å²) in [4.78, 5) is 4.24. The van der Waals surface area contributed by atoms with Crippen molar-refractivity contribution in [2.75, 3.05) is 5.73 Å². The topological polar surface area (TPSA) is 50.9 Å². The van der Waals surface area contributed by atoms with Crippen LogP contribution in [0.5, 0.6) is 0 Å². The van der Waals surface area contributed by atoms with Gasteiger partial charge in [-0.1, -0.05) is 6.92 Å². The van der Waals surface area contributed by atoms with Crippen molar-refractivity contribution in [2.45, 2.75) is 32.4 Å². The van der Waals surface area contributed by atoms with Crippen LogP contribution in [0.1, 0.15) is 25.5 Å². The van der Waals surface area contributed by atoms with Crippen LogP contribution in [0.4, 0.5) is 5.69 Å². The minimum atomic E-state index is 0.698. The molecule has 1 aromatic heterocycles. The third-order valence-corrected chi connectivity index (χ3v) is 2.79. The summed E-state index contributed by atoms with van der Waals surface area (Å²) < 4.78 is 0. The van der Waals surface area contributed by atoms with Crippen LogP contribution in [0, 0.1) is 5.92 Å². The van der Waals surface area contributed by atoms with Crippen molar-refractivity contribution >= 4 is 5.69 Å². The van der Waals surface area contributed by atoms with E-state index >= 15 is 0 Å². The van der Waals surface area contributed by atoms with Crippen LogP contribution >= 0.6 is 0 Å². The van der Waals surface area contributed by atoms with Crippen LogP contribution in [-0.2, 0) is 6.54 Å². The van der Waals surface area contributed by atoms with Crippen molar-refractivity contribution < 1.29 is 0 Å². The second-order valence-corrected chi connectivity index (χ2v) is 4.24. The van der Waals surface area contributed by atoms with Crippen molar-refractivity contribution in [1.82, 2.24) is 10.3 Å². The zero-order valence-corrected chi connectivity index (χ0v) is 8.53. The molecule has 0 aromatic carbocycles. The number of nitrogen functional groups attached to an aromatic ring is 1. The van der Waals surface area contributed by atoms with Gasteiger partial charge in [0.05, 0.1) is 17.6 Å². The van der Waals surface area contributed by atoms with E-state index in [0.29, 0.717) is 6.04 Å². The predicted octanol–water partition coefficient (Wildman–Crippen LogP) is 1.55. The quantitative estimate of drug-likeness (QED) is 0.762. The van der Waals surface area contributed by atoms with E-state index in [1.165, 1.54) is 12.8 Å². The number of hydrogen-bond donors (Lipinski definition) is 2. The zero-order chi connectivity index (χ0) is 9.97. The number of rotatable bonds is 3. The lowest BCUT2D eigenvalue weighted by Crippen LogP contribution is -2.39. The lowest BCUT2D eigenvalue weighted by atomic mass is 9.82. The summed E-state index contributed by atoms with van der Waals surface area (Å²) in [6, 6.07) is 4.57. The fourth-order valence-electron chi connectivity index (χ4n) is 1.86. The van der Waals surface area contributed by atoms with Gasteiger partial charge in [-0.3, -0.25) is 4.98 Å². The number of pyridine rings is 1. The summed E-state index contributed by atoms with van der Waals surface area (Å²) >= 11 is 0. The van der Waals surface area contributed by atoms with Gasteiger partial charge in [-0.2, -0.15) is 0 Å². The molecule has 76 valence electrons. The summed E-state index contributed by atoms with van der Waals surface area (Å²) in [6.07, 6.45) is 4.31. The van der Waals surface area contributed by atoms with Gasteiger partial charge in [0.2, 0.25) is 0 Å². The molecule has 0 bridgehead atoms. The molecule has 1 aromatic rings. The maximum absolute atomic E-state index is 5.56. The van der Waals surface area contributed by atoms with Crippen LogP contribution in [0.3, 0.4) is 0 Å². The third-order valence-electron chi connectivity index (χ3n) is 2.79. The standard InChI is InChI=1S/C11H17N3/c1-8-4-11(5-8)14-7-10-3-2-9(12)6-13-10/h2-3,6,8,11,14H,4-5,7,12H2,1H3. The Kier molecular flexibility index (Phi) is 2.68. The lowest BCUT2D eigenvalue weighted by Gasteiger charge is -2.33. The maximum atomic E-state index is 5.56. The Labute approximate surface area is 84.7 Å². The number of aromatic nitrogens is 1. The molecule has 3 heteroatoms. The van der Waals surface area contributed by atoms with Crippen molar-refractivity contribution in [2.24, 2.45) is 5.92 Å². The molecular weight excluding hydrogens is 174 g/mol. The minimum Gasteiger partial charge on any atom is -0.397 e. The van der Waals surface area contributed by atoms with Crippen LogP contribution in [-0.4, -0.2) is 11.0 Å². The summed E-state index contributed by atoms with van der Waals surface area (Å²) in [5.74, 6) is 0.895. The van der Waals surface area contributed by atoms with Gasteiger partial charge in [0.15, 0.2) is 0 Å². The van der Waals surface area contributed by atoms with Crippen molar-refractivity contribution in [1.29, 1.82) is 0 Å². The van der Waals surface area contributed by atoms with E-state index in [9.17, 15) is 0 Å². The Morgan fingerprint density at radius 2 is 2.29 bits per heavy atom. The molecule has 2 rings (SSSR count). The van der Waals surface area contributed by atoms with Crippen molar-refractivity contribution in [3.63, 3.8) is 0 Å². The van der Waals surface area contributed by atoms with E-state index in [1.54, 1.807) is 6.20 Å². The Morgan fingerprint density at radius 3 is 2.86 bits per heavy atom. The van der Waals surface area contributed by atoms with Crippen molar-refractivity contribution in [3.8, 4) is 0 Å². The van der Waals surface area contributed by atoms with Gasteiger partial charge >= 0.3 is 0 Å². The van der Waals surface area contributed by atoms with Gasteiger partial charge in [0.1, 0.15) is 0 Å². The van der Waals surface area contributed by atoms with E-state index in [0.717, 1.165) is 23.8 Å². The molecule has 1 fully saturated rings. The fourth-order valence-corrected chi connectivity index (χ4v) is 1.86. The monoisotopic (exact) mass is 191 g/mol. The summed E-state index contributed by atoms with van der Waals surface area (Å²) in [5.41, 5.74) is 7.35. The molecule has 0 aliphatic heterocycles. The molecule has 0 atom stereocenters. The van der Waals surface area contributed by atoms with E-state index < -0.39 is 0 Å². The Balaban J connectivity index is 1.78. The van der Waals surface area contributed by atoms with Gasteiger partial charge in [-0.15, -0.1) is 0 Å². The molecule has 0 saturated heterocycles. The first kappa shape index (κ1) is 9.46. The van der Waals surface area contributed by atoms with Crippen LogP contribution in [0.25, 0.3) is 0 Å². The number of hydrogen-bond acceptors (Lipinski definition) is 3. The van der Waals surface area contributed by atoms with Gasteiger partial charge in [0, 0.05) is 12.6 Å². The third kappa shape index (κ3) is 2.23. The van der Waals surface area contributed by atoms with E-state index in [4.69, 9.17) is 5.73 Å². The summed E-state index contributed by atoms with van der Waals surface area (Å²) in [7, 11) is 0. The Bertz CT molecular complexity index is 288. The Hall–Kier alpha value is -1.09. The second-order valence-electron chi connectivity index (χ2n) is 4.24. The van der Waals surface area contributed by atoms with E-state index in [-0.39, 0.29) is 0 Å². The highest BCUT2D eigenvalue weighted by molar-refractivity contribution is 5.34. The molecule has 0 radical (unpaired) electrons. The highest BCUT2D eigenvalue weighted by Gasteiger charge is 2.24. The van der Waals surface area contributed by atoms with Gasteiger partial charge < -0.3 is 11.1 Å². The molecule has 1 saturated carbocycles. The van der Waals surface area contributed by atoms with Crippen LogP contribution in [0.15, 0.2) is 18.3 Å². The van der Waals surface area contributed by atoms with Gasteiger partial charge in [-0.25, -0.2) is 0 Å². The fraction of sp³-hybridized carbons (Fsp3) is 0.545. The molecule has 0 unspecified atom stereocenters. The molecule has 0 amide bonds. The normalized spacial score (nSPS) is 25.8. The maximum Gasteiger partial charge on any atom is 0.0543 e. The first-order chi connectivity index (χ1) is 6.74. The number of nitrogens with two attached hydrogens (primary N) is 1. The zero-order valence-electron chi connectivity index (χ0n) is 8.53. The Morgan fingerprint density at radius 1 is 1.50 bits per heavy atom. The first-order valence-corrected chi connectivity index (χ1v) is 5.18. The summed E-state index contributed by atoms with van der Waals surface area (Å²) in [6.45, 7) is 3.15. The predicted molar refractivity (Wildman–Crippen MR) is 57.7 cm³/mol. The molecule has 3 nitrogen and oxygen atoms in total. The van der Waals surface area contributed by atoms with Gasteiger partial charge in [-0.05, 0) is 30.9 Å². The molecule has 1 aliphatic rings. The number of nitrogens with one attached hydrogen (secondary N) is 1. The average molecular weight is 191 g/mol. The first-order valence-electron chi connectivity index (χ1n) is 5.18. The lowest BCUT2D eigenvalue weighted by molar-refractivity contribution is 0.239. The van der Waals surface area contributed by atoms with Crippen LogP contribution < -0.4 is 11.1 Å². The van der Waals surface area contributed by atoms with Gasteiger partial charge in [0.25, 0.3) is 0 Å². The van der Waals surface area contributed by atoms with E-state index in [2.05, 4.69) is 17.2 Å². The molecule has 1 heterocycles. The largest absolute Gasteiger partial charge is 0.397 e. The molecule has 3 N–H and O–H groups in total. The second kappa shape index (κ2) is 3.96. The summed E-state index contributed by atoms with van der Waals surface area (Å²) in [5, 5.41) is 3.48. The number of nitrogens with zero attached hydrogens (tertiary/aromatic N) is 1. The minimum absolute atomic E-state index is 0.698. The smallest absolute Gasteiger partial charge is 0.0543 e. The highest BCUT2D eigenvalue weighted by Crippen LogP contribution is 2.26. The average Bonchev–Trinajstić information content (AvgIpc) is 2.13. The molecule has 0 spiro atoms. The van der Waals surface area contributed by atoms with Crippen LogP contribution in [0.2, 0.25) is 0 Å². The molecule has 1 aliphatic carbocycles. The van der Waals surface area contributed by atoms with E-state index in [1.807, 2.05) is 12.1 Å². The molecular formula is C11H17N3. The van der Waals surface area contributed by atoms with Crippen molar-refractivity contribution in [3.05, 3.63) is 24.0 Å². The molecule has 14 heavy (non-hydrogen) atoms. The SMILES string of the molecule is CC1CC(NCc2ccc(N)cn2)C1. The highest BCUT2D eigenvalue weighted by atomic mass is 14.9. The number of anilines is 1.